The molecule has 1 heterocycles. The van der Waals surface area contributed by atoms with E-state index in [-0.39, 0.29) is 0 Å². The van der Waals surface area contributed by atoms with Gasteiger partial charge in [-0.05, 0) is 30.3 Å². The molecule has 0 saturated heterocycles. The highest BCUT2D eigenvalue weighted by Crippen LogP contribution is 2.37. The zero-order valence-corrected chi connectivity index (χ0v) is 10.9. The van der Waals surface area contributed by atoms with Gasteiger partial charge in [-0.25, -0.2) is 0 Å². The van der Waals surface area contributed by atoms with Crippen molar-refractivity contribution >= 4 is 5.69 Å². The van der Waals surface area contributed by atoms with Crippen LogP contribution in [0.2, 0.25) is 0 Å². The number of nitrogen functional groups attached to an aromatic ring is 1. The van der Waals surface area contributed by atoms with E-state index in [2.05, 4.69) is 0 Å². The van der Waals surface area contributed by atoms with Gasteiger partial charge in [0, 0.05) is 18.1 Å². The highest BCUT2D eigenvalue weighted by Gasteiger charge is 2.30. The van der Waals surface area contributed by atoms with Gasteiger partial charge in [0.2, 0.25) is 0 Å². The summed E-state index contributed by atoms with van der Waals surface area (Å²) in [6.45, 7) is 0.573. The Labute approximate surface area is 119 Å². The Balaban J connectivity index is 1.82. The van der Waals surface area contributed by atoms with E-state index in [1.54, 1.807) is 12.1 Å². The van der Waals surface area contributed by atoms with Crippen molar-refractivity contribution in [2.75, 3.05) is 12.3 Å². The van der Waals surface area contributed by atoms with Gasteiger partial charge in [0.15, 0.2) is 0 Å². The normalized spacial score (nSPS) is 13.7. The van der Waals surface area contributed by atoms with Crippen LogP contribution in [-0.2, 0) is 12.6 Å². The maximum Gasteiger partial charge on any atom is 0.416 e. The van der Waals surface area contributed by atoms with Crippen molar-refractivity contribution in [1.82, 2.24) is 0 Å². The molecule has 1 aliphatic heterocycles. The second kappa shape index (κ2) is 4.87. The van der Waals surface area contributed by atoms with E-state index in [0.29, 0.717) is 29.5 Å². The lowest BCUT2D eigenvalue weighted by Crippen LogP contribution is -2.04. The fourth-order valence-electron chi connectivity index (χ4n) is 2.21. The quantitative estimate of drug-likeness (QED) is 0.851. The first-order valence-corrected chi connectivity index (χ1v) is 6.34. The third kappa shape index (κ3) is 2.74. The molecule has 0 atom stereocenters. The molecular formula is C15H12F3NO2. The molecule has 0 spiro atoms. The second-order valence-electron chi connectivity index (χ2n) is 4.72. The van der Waals surface area contributed by atoms with E-state index in [0.717, 1.165) is 24.1 Å². The van der Waals surface area contributed by atoms with Gasteiger partial charge in [0.05, 0.1) is 17.9 Å². The minimum Gasteiger partial charge on any atom is -0.491 e. The Morgan fingerprint density at radius 2 is 1.76 bits per heavy atom. The highest BCUT2D eigenvalue weighted by atomic mass is 19.4. The number of ether oxygens (including phenoxy) is 2. The number of alkyl halides is 3. The summed E-state index contributed by atoms with van der Waals surface area (Å²) in [6.07, 6.45) is -3.61. The van der Waals surface area contributed by atoms with Crippen LogP contribution in [0.3, 0.4) is 0 Å². The molecule has 0 aliphatic carbocycles. The first-order valence-electron chi connectivity index (χ1n) is 6.34. The van der Waals surface area contributed by atoms with Crippen molar-refractivity contribution in [2.45, 2.75) is 12.6 Å². The number of rotatable bonds is 2. The molecule has 3 rings (SSSR count). The molecular weight excluding hydrogens is 283 g/mol. The van der Waals surface area contributed by atoms with Crippen LogP contribution in [0.5, 0.6) is 17.2 Å². The molecule has 110 valence electrons. The number of hydrogen-bond donors (Lipinski definition) is 1. The van der Waals surface area contributed by atoms with Gasteiger partial charge in [0.1, 0.15) is 17.2 Å². The number of benzene rings is 2. The SMILES string of the molecule is Nc1cc(Oc2ccc(C(F)(F)F)cc2)cc2c1OCC2. The Bertz CT molecular complexity index is 666. The standard InChI is InChI=1S/C15H12F3NO2/c16-15(17,18)10-1-3-11(4-2-10)21-12-7-9-5-6-20-14(9)13(19)8-12/h1-4,7-8H,5-6,19H2. The third-order valence-electron chi connectivity index (χ3n) is 3.20. The zero-order chi connectivity index (χ0) is 15.0. The Hall–Kier alpha value is -2.37. The molecule has 0 unspecified atom stereocenters. The molecule has 0 bridgehead atoms. The molecule has 2 aromatic carbocycles. The van der Waals surface area contributed by atoms with Crippen LogP contribution in [0.25, 0.3) is 0 Å². The molecule has 0 aromatic heterocycles. The van der Waals surface area contributed by atoms with Crippen molar-refractivity contribution in [2.24, 2.45) is 0 Å². The summed E-state index contributed by atoms with van der Waals surface area (Å²) in [4.78, 5) is 0. The number of hydrogen-bond acceptors (Lipinski definition) is 3. The van der Waals surface area contributed by atoms with Gasteiger partial charge in [-0.2, -0.15) is 13.2 Å². The number of fused-ring (bicyclic) bond motifs is 1. The molecule has 21 heavy (non-hydrogen) atoms. The van der Waals surface area contributed by atoms with Crippen molar-refractivity contribution in [3.05, 3.63) is 47.5 Å². The summed E-state index contributed by atoms with van der Waals surface area (Å²) in [6, 6.07) is 7.91. The van der Waals surface area contributed by atoms with Gasteiger partial charge in [-0.15, -0.1) is 0 Å². The van der Waals surface area contributed by atoms with Crippen LogP contribution >= 0.6 is 0 Å². The van der Waals surface area contributed by atoms with Crippen LogP contribution in [0.4, 0.5) is 18.9 Å². The lowest BCUT2D eigenvalue weighted by atomic mass is 10.1. The molecule has 1 aliphatic rings. The Kier molecular flexibility index (Phi) is 3.16. The highest BCUT2D eigenvalue weighted by molar-refractivity contribution is 5.62. The number of halogens is 3. The Morgan fingerprint density at radius 1 is 1.05 bits per heavy atom. The smallest absolute Gasteiger partial charge is 0.416 e. The van der Waals surface area contributed by atoms with Crippen molar-refractivity contribution < 1.29 is 22.6 Å². The topological polar surface area (TPSA) is 44.5 Å². The van der Waals surface area contributed by atoms with Gasteiger partial charge in [0.25, 0.3) is 0 Å². The van der Waals surface area contributed by atoms with Crippen LogP contribution in [-0.4, -0.2) is 6.61 Å². The van der Waals surface area contributed by atoms with Crippen molar-refractivity contribution in [3.63, 3.8) is 0 Å². The average Bonchev–Trinajstić information content (AvgIpc) is 2.87. The maximum absolute atomic E-state index is 12.5. The van der Waals surface area contributed by atoms with Crippen LogP contribution in [0.1, 0.15) is 11.1 Å². The zero-order valence-electron chi connectivity index (χ0n) is 10.9. The summed E-state index contributed by atoms with van der Waals surface area (Å²) in [5, 5.41) is 0. The predicted octanol–water partition coefficient (Wildman–Crippen LogP) is 4.01. The predicted molar refractivity (Wildman–Crippen MR) is 71.6 cm³/mol. The van der Waals surface area contributed by atoms with Crippen LogP contribution in [0, 0.1) is 0 Å². The number of anilines is 1. The fourth-order valence-corrected chi connectivity index (χ4v) is 2.21. The molecule has 0 saturated carbocycles. The summed E-state index contributed by atoms with van der Waals surface area (Å²) >= 11 is 0. The molecule has 3 nitrogen and oxygen atoms in total. The second-order valence-corrected chi connectivity index (χ2v) is 4.72. The first-order chi connectivity index (χ1) is 9.93. The Morgan fingerprint density at radius 3 is 2.43 bits per heavy atom. The lowest BCUT2D eigenvalue weighted by Gasteiger charge is -2.11. The van der Waals surface area contributed by atoms with Crippen molar-refractivity contribution in [1.29, 1.82) is 0 Å². The minimum absolute atomic E-state index is 0.321. The van der Waals surface area contributed by atoms with Crippen molar-refractivity contribution in [3.8, 4) is 17.2 Å². The van der Waals surface area contributed by atoms with E-state index >= 15 is 0 Å². The maximum atomic E-state index is 12.5. The first kappa shape index (κ1) is 13.6. The van der Waals surface area contributed by atoms with E-state index < -0.39 is 11.7 Å². The molecule has 2 aromatic rings. The van der Waals surface area contributed by atoms with Gasteiger partial charge < -0.3 is 15.2 Å². The minimum atomic E-state index is -4.35. The van der Waals surface area contributed by atoms with E-state index in [1.165, 1.54) is 12.1 Å². The van der Waals surface area contributed by atoms with E-state index in [9.17, 15) is 13.2 Å². The molecule has 6 heteroatoms. The van der Waals surface area contributed by atoms with Gasteiger partial charge in [-0.1, -0.05) is 0 Å². The van der Waals surface area contributed by atoms with Gasteiger partial charge in [-0.3, -0.25) is 0 Å². The summed E-state index contributed by atoms with van der Waals surface area (Å²) in [5.74, 6) is 1.47. The largest absolute Gasteiger partial charge is 0.491 e. The molecule has 0 radical (unpaired) electrons. The van der Waals surface area contributed by atoms with Crippen LogP contribution < -0.4 is 15.2 Å². The summed E-state index contributed by atoms with van der Waals surface area (Å²) in [5.41, 5.74) is 6.55. The summed E-state index contributed by atoms with van der Waals surface area (Å²) in [7, 11) is 0. The molecule has 0 fully saturated rings. The van der Waals surface area contributed by atoms with Crippen LogP contribution in [0.15, 0.2) is 36.4 Å². The molecule has 2 N–H and O–H groups in total. The fraction of sp³-hybridized carbons (Fsp3) is 0.200. The lowest BCUT2D eigenvalue weighted by molar-refractivity contribution is -0.137. The summed E-state index contributed by atoms with van der Waals surface area (Å²) < 4.78 is 48.4. The molecule has 0 amide bonds. The van der Waals surface area contributed by atoms with Gasteiger partial charge >= 0.3 is 6.18 Å². The van der Waals surface area contributed by atoms with E-state index in [4.69, 9.17) is 15.2 Å². The monoisotopic (exact) mass is 295 g/mol. The third-order valence-corrected chi connectivity index (χ3v) is 3.20. The number of nitrogens with two attached hydrogens (primary N) is 1. The average molecular weight is 295 g/mol. The van der Waals surface area contributed by atoms with E-state index in [1.807, 2.05) is 0 Å².